The van der Waals surface area contributed by atoms with Crippen molar-refractivity contribution in [1.82, 2.24) is 9.97 Å². The van der Waals surface area contributed by atoms with Crippen LogP contribution in [0, 0.1) is 0 Å². The largest absolute Gasteiger partial charge is 0.573 e. The first kappa shape index (κ1) is 19.0. The van der Waals surface area contributed by atoms with Gasteiger partial charge < -0.3 is 19.2 Å². The van der Waals surface area contributed by atoms with Crippen LogP contribution in [-0.4, -0.2) is 36.7 Å². The lowest BCUT2D eigenvalue weighted by molar-refractivity contribution is -0.274. The third-order valence-electron chi connectivity index (χ3n) is 3.86. The van der Waals surface area contributed by atoms with E-state index in [0.717, 1.165) is 18.4 Å². The first-order valence-electron chi connectivity index (χ1n) is 8.39. The highest BCUT2D eigenvalue weighted by Gasteiger charge is 2.31. The van der Waals surface area contributed by atoms with Crippen molar-refractivity contribution in [2.24, 2.45) is 0 Å². The number of hydrogen-bond acceptors (Lipinski definition) is 4. The van der Waals surface area contributed by atoms with E-state index in [4.69, 9.17) is 9.47 Å². The van der Waals surface area contributed by atoms with Gasteiger partial charge in [-0.3, -0.25) is 0 Å². The number of fused-ring (bicyclic) bond motifs is 1. The van der Waals surface area contributed by atoms with Crippen LogP contribution in [0.25, 0.3) is 16.6 Å². The van der Waals surface area contributed by atoms with Gasteiger partial charge in [0.15, 0.2) is 0 Å². The van der Waals surface area contributed by atoms with Crippen LogP contribution in [0.2, 0.25) is 0 Å². The van der Waals surface area contributed by atoms with Crippen LogP contribution in [0.15, 0.2) is 48.3 Å². The summed E-state index contributed by atoms with van der Waals surface area (Å²) in [5.74, 6) is 1.03. The molecule has 0 unspecified atom stereocenters. The molecule has 0 saturated carbocycles. The summed E-state index contributed by atoms with van der Waals surface area (Å²) in [6, 6.07) is 4.03. The zero-order valence-corrected chi connectivity index (χ0v) is 14.7. The van der Waals surface area contributed by atoms with Gasteiger partial charge in [-0.2, -0.15) is 0 Å². The Labute approximate surface area is 154 Å². The van der Waals surface area contributed by atoms with Crippen molar-refractivity contribution in [1.29, 1.82) is 0 Å². The molecule has 0 amide bonds. The molecule has 0 spiro atoms. The molecule has 1 heterocycles. The van der Waals surface area contributed by atoms with Gasteiger partial charge >= 0.3 is 6.36 Å². The van der Waals surface area contributed by atoms with Crippen molar-refractivity contribution in [3.63, 3.8) is 0 Å². The molecule has 0 aliphatic heterocycles. The predicted octanol–water partition coefficient (Wildman–Crippen LogP) is 4.74. The second kappa shape index (κ2) is 8.30. The Morgan fingerprint density at radius 1 is 1.19 bits per heavy atom. The van der Waals surface area contributed by atoms with Crippen molar-refractivity contribution < 1.29 is 27.4 Å². The fourth-order valence-electron chi connectivity index (χ4n) is 2.63. The fourth-order valence-corrected chi connectivity index (χ4v) is 2.63. The number of halogens is 3. The number of ether oxygens (including phenoxy) is 3. The zero-order valence-electron chi connectivity index (χ0n) is 14.7. The number of H-pyrrole nitrogens is 1. The van der Waals surface area contributed by atoms with E-state index in [9.17, 15) is 13.2 Å². The molecule has 1 aromatic heterocycles. The second-order valence-electron chi connectivity index (χ2n) is 5.86. The van der Waals surface area contributed by atoms with Gasteiger partial charge in [0.1, 0.15) is 23.9 Å². The number of imidazole rings is 1. The van der Waals surface area contributed by atoms with Crippen LogP contribution < -0.4 is 4.74 Å². The lowest BCUT2D eigenvalue weighted by atomic mass is 10.1. The maximum atomic E-state index is 12.4. The molecule has 1 aliphatic rings. The first-order chi connectivity index (χ1) is 12.9. The molecular weight excluding hydrogens is 361 g/mol. The van der Waals surface area contributed by atoms with Gasteiger partial charge in [0.2, 0.25) is 0 Å². The average Bonchev–Trinajstić information content (AvgIpc) is 2.98. The minimum atomic E-state index is -4.73. The van der Waals surface area contributed by atoms with E-state index in [2.05, 4.69) is 14.7 Å². The molecule has 1 N–H and O–H groups in total. The van der Waals surface area contributed by atoms with E-state index >= 15 is 0 Å². The number of rotatable bonds is 6. The Balaban J connectivity index is 1.82. The van der Waals surface area contributed by atoms with Gasteiger partial charge in [-0.15, -0.1) is 13.2 Å². The smallest absolute Gasteiger partial charge is 0.491 e. The third kappa shape index (κ3) is 5.37. The Bertz CT molecular complexity index is 882. The monoisotopic (exact) mass is 380 g/mol. The van der Waals surface area contributed by atoms with Crippen molar-refractivity contribution in [2.75, 3.05) is 20.3 Å². The van der Waals surface area contributed by atoms with E-state index in [1.165, 1.54) is 18.2 Å². The number of nitrogens with one attached hydrogen (secondary N) is 1. The minimum Gasteiger partial charge on any atom is -0.491 e. The maximum Gasteiger partial charge on any atom is 0.573 e. The Morgan fingerprint density at radius 2 is 2.04 bits per heavy atom. The van der Waals surface area contributed by atoms with Gasteiger partial charge in [0.05, 0.1) is 17.6 Å². The molecule has 0 bridgehead atoms. The van der Waals surface area contributed by atoms with Gasteiger partial charge in [-0.05, 0) is 42.7 Å². The Morgan fingerprint density at radius 3 is 2.81 bits per heavy atom. The number of hydrogen-bond donors (Lipinski definition) is 1. The summed E-state index contributed by atoms with van der Waals surface area (Å²) in [4.78, 5) is 7.54. The average molecular weight is 380 g/mol. The van der Waals surface area contributed by atoms with Crippen LogP contribution in [0.5, 0.6) is 5.75 Å². The number of nitrogens with zero attached hydrogens (tertiary/aromatic N) is 1. The first-order valence-corrected chi connectivity index (χ1v) is 8.39. The lowest BCUT2D eigenvalue weighted by Gasteiger charge is -2.09. The summed E-state index contributed by atoms with van der Waals surface area (Å²) in [6.45, 7) is 0.941. The normalized spacial score (nSPS) is 19.0. The number of allylic oxidation sites excluding steroid dienone is 5. The van der Waals surface area contributed by atoms with Crippen LogP contribution >= 0.6 is 0 Å². The van der Waals surface area contributed by atoms with Crippen LogP contribution in [0.4, 0.5) is 13.2 Å². The number of benzene rings is 1. The summed E-state index contributed by atoms with van der Waals surface area (Å²) < 4.78 is 51.7. The quantitative estimate of drug-likeness (QED) is 0.736. The van der Waals surface area contributed by atoms with Gasteiger partial charge in [0, 0.05) is 13.2 Å². The van der Waals surface area contributed by atoms with Gasteiger partial charge in [-0.1, -0.05) is 12.2 Å². The maximum absolute atomic E-state index is 12.4. The molecule has 0 saturated heterocycles. The molecular formula is C19H19F3N2O3. The topological polar surface area (TPSA) is 56.4 Å². The minimum absolute atomic E-state index is 0.284. The highest BCUT2D eigenvalue weighted by Crippen LogP contribution is 2.28. The molecule has 2 aromatic rings. The van der Waals surface area contributed by atoms with E-state index in [0.29, 0.717) is 35.8 Å². The lowest BCUT2D eigenvalue weighted by Crippen LogP contribution is -2.16. The summed E-state index contributed by atoms with van der Waals surface area (Å²) in [5.41, 5.74) is 1.98. The second-order valence-corrected chi connectivity index (χ2v) is 5.86. The van der Waals surface area contributed by atoms with E-state index in [1.807, 2.05) is 24.3 Å². The zero-order chi connectivity index (χ0) is 19.3. The summed E-state index contributed by atoms with van der Waals surface area (Å²) in [6.07, 6.45) is 4.45. The number of aromatic amines is 1. The molecule has 1 aliphatic carbocycles. The van der Waals surface area contributed by atoms with Crippen molar-refractivity contribution in [2.45, 2.75) is 19.2 Å². The van der Waals surface area contributed by atoms with Crippen LogP contribution in [-0.2, 0) is 9.47 Å². The molecule has 27 heavy (non-hydrogen) atoms. The SMILES string of the molecule is COCCO/C1=C/C=C(/c2nc3ccc(OC(F)(F)F)cc3[nH]2)CCC=C1. The standard InChI is InChI=1S/C19H19F3N2O3/c1-25-10-11-26-14-5-3-2-4-13(6-7-14)18-23-16-9-8-15(12-17(16)24-18)27-19(20,21)22/h3,5-9,12H,2,4,10-11H2,1H3,(H,23,24)/b5-3?,13-6+,14-7+. The van der Waals surface area contributed by atoms with Gasteiger partial charge in [-0.25, -0.2) is 4.98 Å². The van der Waals surface area contributed by atoms with Crippen LogP contribution in [0.1, 0.15) is 18.7 Å². The molecule has 1 aromatic carbocycles. The van der Waals surface area contributed by atoms with Crippen molar-refractivity contribution in [3.05, 3.63) is 54.1 Å². The van der Waals surface area contributed by atoms with Gasteiger partial charge in [0.25, 0.3) is 0 Å². The number of alkyl halides is 3. The highest BCUT2D eigenvalue weighted by atomic mass is 19.4. The molecule has 0 atom stereocenters. The van der Waals surface area contributed by atoms with E-state index in [-0.39, 0.29) is 5.75 Å². The third-order valence-corrected chi connectivity index (χ3v) is 3.86. The molecule has 8 heteroatoms. The van der Waals surface area contributed by atoms with Crippen LogP contribution in [0.3, 0.4) is 0 Å². The molecule has 3 rings (SSSR count). The molecule has 144 valence electrons. The van der Waals surface area contributed by atoms with Crippen molar-refractivity contribution >= 4 is 16.6 Å². The summed E-state index contributed by atoms with van der Waals surface area (Å²) in [5, 5.41) is 0. The molecule has 0 fully saturated rings. The Hall–Kier alpha value is -2.74. The summed E-state index contributed by atoms with van der Waals surface area (Å²) in [7, 11) is 1.61. The van der Waals surface area contributed by atoms with Crippen molar-refractivity contribution in [3.8, 4) is 5.75 Å². The number of aromatic nitrogens is 2. The Kier molecular flexibility index (Phi) is 5.85. The molecule has 5 nitrogen and oxygen atoms in total. The summed E-state index contributed by atoms with van der Waals surface area (Å²) >= 11 is 0. The fraction of sp³-hybridized carbons (Fsp3) is 0.316. The predicted molar refractivity (Wildman–Crippen MR) is 95.0 cm³/mol. The van der Waals surface area contributed by atoms with E-state index in [1.54, 1.807) is 7.11 Å². The molecule has 0 radical (unpaired) electrons. The number of methoxy groups -OCH3 is 1. The highest BCUT2D eigenvalue weighted by molar-refractivity contribution is 5.80. The van der Waals surface area contributed by atoms with E-state index < -0.39 is 6.36 Å².